The molecular formula is C11H24N2O. The molecule has 0 saturated carbocycles. The Labute approximate surface area is 87.3 Å². The summed E-state index contributed by atoms with van der Waals surface area (Å²) < 4.78 is 0. The van der Waals surface area contributed by atoms with Crippen molar-refractivity contribution in [1.29, 1.82) is 0 Å². The van der Waals surface area contributed by atoms with Gasteiger partial charge < -0.3 is 15.7 Å². The minimum Gasteiger partial charge on any atom is -0.396 e. The molecule has 1 rings (SSSR count). The molecule has 0 aromatic heterocycles. The fraction of sp³-hybridized carbons (Fsp3) is 1.00. The molecule has 84 valence electrons. The molecule has 0 radical (unpaired) electrons. The molecule has 1 aliphatic heterocycles. The van der Waals surface area contributed by atoms with Crippen molar-refractivity contribution in [2.45, 2.75) is 32.1 Å². The number of aliphatic hydroxyl groups is 1. The number of hydrogen-bond donors (Lipinski definition) is 2. The summed E-state index contributed by atoms with van der Waals surface area (Å²) in [7, 11) is 0. The van der Waals surface area contributed by atoms with Gasteiger partial charge in [0.1, 0.15) is 0 Å². The largest absolute Gasteiger partial charge is 0.396 e. The monoisotopic (exact) mass is 200 g/mol. The molecule has 1 aliphatic rings. The number of unbranched alkanes of at least 4 members (excludes halogenated alkanes) is 1. The summed E-state index contributed by atoms with van der Waals surface area (Å²) in [6.45, 7) is 4.78. The predicted octanol–water partition coefficient (Wildman–Crippen LogP) is 0.820. The third-order valence-electron chi connectivity index (χ3n) is 3.06. The molecule has 0 bridgehead atoms. The molecule has 0 amide bonds. The Morgan fingerprint density at radius 1 is 1.36 bits per heavy atom. The maximum atomic E-state index is 8.70. The number of piperidine rings is 1. The second-order valence-corrected chi connectivity index (χ2v) is 4.32. The summed E-state index contributed by atoms with van der Waals surface area (Å²) in [6, 6.07) is 0. The van der Waals surface area contributed by atoms with Crippen LogP contribution in [0.15, 0.2) is 0 Å². The van der Waals surface area contributed by atoms with Crippen LogP contribution >= 0.6 is 0 Å². The minimum atomic E-state index is 0.333. The third kappa shape index (κ3) is 4.40. The van der Waals surface area contributed by atoms with Gasteiger partial charge in [-0.2, -0.15) is 0 Å². The quantitative estimate of drug-likeness (QED) is 0.624. The summed E-state index contributed by atoms with van der Waals surface area (Å²) in [5, 5.41) is 8.70. The van der Waals surface area contributed by atoms with Crippen molar-refractivity contribution in [1.82, 2.24) is 4.90 Å². The maximum absolute atomic E-state index is 8.70. The van der Waals surface area contributed by atoms with Gasteiger partial charge in [0, 0.05) is 13.2 Å². The van der Waals surface area contributed by atoms with E-state index in [0.717, 1.165) is 31.8 Å². The second kappa shape index (κ2) is 7.21. The molecule has 0 aliphatic carbocycles. The smallest absolute Gasteiger partial charge is 0.0431 e. The maximum Gasteiger partial charge on any atom is 0.0431 e. The lowest BCUT2D eigenvalue weighted by molar-refractivity contribution is 0.163. The molecule has 1 atom stereocenters. The Hall–Kier alpha value is -0.120. The van der Waals surface area contributed by atoms with E-state index in [2.05, 4.69) is 4.90 Å². The van der Waals surface area contributed by atoms with Crippen LogP contribution in [-0.2, 0) is 0 Å². The van der Waals surface area contributed by atoms with Crippen molar-refractivity contribution in [2.75, 3.05) is 32.8 Å². The van der Waals surface area contributed by atoms with Crippen LogP contribution in [-0.4, -0.2) is 42.8 Å². The predicted molar refractivity (Wildman–Crippen MR) is 59.2 cm³/mol. The lowest BCUT2D eigenvalue weighted by Gasteiger charge is -2.32. The third-order valence-corrected chi connectivity index (χ3v) is 3.06. The zero-order valence-electron chi connectivity index (χ0n) is 9.12. The summed E-state index contributed by atoms with van der Waals surface area (Å²) in [6.07, 6.45) is 5.93. The van der Waals surface area contributed by atoms with E-state index in [0.29, 0.717) is 6.61 Å². The van der Waals surface area contributed by atoms with Gasteiger partial charge in [-0.05, 0) is 57.7 Å². The van der Waals surface area contributed by atoms with E-state index in [-0.39, 0.29) is 0 Å². The highest BCUT2D eigenvalue weighted by Crippen LogP contribution is 2.19. The van der Waals surface area contributed by atoms with E-state index in [1.54, 1.807) is 0 Å². The van der Waals surface area contributed by atoms with Crippen LogP contribution in [0.5, 0.6) is 0 Å². The van der Waals surface area contributed by atoms with Crippen molar-refractivity contribution in [3.8, 4) is 0 Å². The van der Waals surface area contributed by atoms with Gasteiger partial charge in [-0.25, -0.2) is 0 Å². The number of nitrogens with two attached hydrogens (primary N) is 1. The summed E-state index contributed by atoms with van der Waals surface area (Å²) >= 11 is 0. The topological polar surface area (TPSA) is 49.5 Å². The van der Waals surface area contributed by atoms with Gasteiger partial charge in [-0.3, -0.25) is 0 Å². The van der Waals surface area contributed by atoms with Gasteiger partial charge in [-0.15, -0.1) is 0 Å². The second-order valence-electron chi connectivity index (χ2n) is 4.32. The molecule has 0 aromatic carbocycles. The Kier molecular flexibility index (Phi) is 6.15. The van der Waals surface area contributed by atoms with Gasteiger partial charge in [0.05, 0.1) is 0 Å². The molecule has 1 heterocycles. The molecule has 3 heteroatoms. The van der Waals surface area contributed by atoms with E-state index in [9.17, 15) is 0 Å². The highest BCUT2D eigenvalue weighted by Gasteiger charge is 2.18. The molecule has 1 fully saturated rings. The highest BCUT2D eigenvalue weighted by molar-refractivity contribution is 4.73. The number of rotatable bonds is 6. The summed E-state index contributed by atoms with van der Waals surface area (Å²) in [5.41, 5.74) is 5.57. The fourth-order valence-corrected chi connectivity index (χ4v) is 2.27. The van der Waals surface area contributed by atoms with E-state index < -0.39 is 0 Å². The number of nitrogens with zero attached hydrogens (tertiary/aromatic N) is 1. The van der Waals surface area contributed by atoms with Crippen LogP contribution < -0.4 is 5.73 Å². The zero-order chi connectivity index (χ0) is 10.2. The molecule has 1 unspecified atom stereocenters. The standard InChI is InChI=1S/C11H24N2O/c12-6-5-11-4-3-8-13(10-11)7-1-2-9-14/h11,14H,1-10,12H2. The first-order valence-corrected chi connectivity index (χ1v) is 5.90. The molecule has 3 N–H and O–H groups in total. The van der Waals surface area contributed by atoms with Gasteiger partial charge in [0.25, 0.3) is 0 Å². The summed E-state index contributed by atoms with van der Waals surface area (Å²) in [4.78, 5) is 2.53. The summed E-state index contributed by atoms with van der Waals surface area (Å²) in [5.74, 6) is 0.822. The molecule has 0 spiro atoms. The Balaban J connectivity index is 2.12. The Morgan fingerprint density at radius 2 is 2.21 bits per heavy atom. The van der Waals surface area contributed by atoms with Crippen molar-refractivity contribution in [3.63, 3.8) is 0 Å². The number of likely N-dealkylation sites (tertiary alicyclic amines) is 1. The number of aliphatic hydroxyl groups excluding tert-OH is 1. The Morgan fingerprint density at radius 3 is 2.93 bits per heavy atom. The average Bonchev–Trinajstić information content (AvgIpc) is 2.19. The zero-order valence-corrected chi connectivity index (χ0v) is 9.12. The van der Waals surface area contributed by atoms with Gasteiger partial charge in [0.2, 0.25) is 0 Å². The lowest BCUT2D eigenvalue weighted by Crippen LogP contribution is -2.36. The van der Waals surface area contributed by atoms with Crippen molar-refractivity contribution < 1.29 is 5.11 Å². The van der Waals surface area contributed by atoms with Gasteiger partial charge in [-0.1, -0.05) is 0 Å². The first-order valence-electron chi connectivity index (χ1n) is 5.90. The van der Waals surface area contributed by atoms with E-state index in [1.807, 2.05) is 0 Å². The van der Waals surface area contributed by atoms with Crippen LogP contribution in [0.25, 0.3) is 0 Å². The highest BCUT2D eigenvalue weighted by atomic mass is 16.2. The Bertz CT molecular complexity index is 139. The lowest BCUT2D eigenvalue weighted by atomic mass is 9.95. The normalized spacial score (nSPS) is 24.0. The molecule has 0 aromatic rings. The van der Waals surface area contributed by atoms with E-state index in [4.69, 9.17) is 10.8 Å². The van der Waals surface area contributed by atoms with Crippen LogP contribution in [0.1, 0.15) is 32.1 Å². The first-order chi connectivity index (χ1) is 6.86. The van der Waals surface area contributed by atoms with Crippen LogP contribution in [0.4, 0.5) is 0 Å². The average molecular weight is 200 g/mol. The van der Waals surface area contributed by atoms with E-state index >= 15 is 0 Å². The minimum absolute atomic E-state index is 0.333. The first kappa shape index (κ1) is 12.0. The molecule has 14 heavy (non-hydrogen) atoms. The number of hydrogen-bond acceptors (Lipinski definition) is 3. The van der Waals surface area contributed by atoms with Gasteiger partial charge in [0.15, 0.2) is 0 Å². The fourth-order valence-electron chi connectivity index (χ4n) is 2.27. The van der Waals surface area contributed by atoms with Crippen molar-refractivity contribution in [2.24, 2.45) is 11.7 Å². The van der Waals surface area contributed by atoms with Crippen LogP contribution in [0, 0.1) is 5.92 Å². The molecule has 3 nitrogen and oxygen atoms in total. The SMILES string of the molecule is NCCC1CCCN(CCCCO)C1. The van der Waals surface area contributed by atoms with Crippen LogP contribution in [0.2, 0.25) is 0 Å². The molecule has 1 saturated heterocycles. The van der Waals surface area contributed by atoms with Crippen molar-refractivity contribution >= 4 is 0 Å². The van der Waals surface area contributed by atoms with Crippen LogP contribution in [0.3, 0.4) is 0 Å². The van der Waals surface area contributed by atoms with Crippen molar-refractivity contribution in [3.05, 3.63) is 0 Å². The van der Waals surface area contributed by atoms with Gasteiger partial charge >= 0.3 is 0 Å². The molecular weight excluding hydrogens is 176 g/mol. The van der Waals surface area contributed by atoms with E-state index in [1.165, 1.54) is 32.4 Å².